The van der Waals surface area contributed by atoms with Gasteiger partial charge in [0.25, 0.3) is 0 Å². The second kappa shape index (κ2) is 11.8. The molecule has 1 amide bonds. The Bertz CT molecular complexity index is 1170. The van der Waals surface area contributed by atoms with Crippen LogP contribution in [0.4, 0.5) is 5.82 Å². The smallest absolute Gasteiger partial charge is 0.246 e. The number of ether oxygens (including phenoxy) is 2. The number of carbonyl (C=O) groups is 1. The third-order valence-electron chi connectivity index (χ3n) is 6.43. The molecule has 7 heteroatoms. The number of para-hydroxylation sites is 1. The average molecular weight is 475 g/mol. The highest BCUT2D eigenvalue weighted by atomic mass is 16.5. The predicted octanol–water partition coefficient (Wildman–Crippen LogP) is 4.05. The van der Waals surface area contributed by atoms with Gasteiger partial charge in [0.2, 0.25) is 5.91 Å². The summed E-state index contributed by atoms with van der Waals surface area (Å²) in [7, 11) is 1.67. The molecule has 1 aliphatic heterocycles. The second-order valence-corrected chi connectivity index (χ2v) is 8.71. The van der Waals surface area contributed by atoms with E-state index >= 15 is 0 Å². The Hall–Kier alpha value is -3.45. The van der Waals surface area contributed by atoms with E-state index in [9.17, 15) is 4.79 Å². The van der Waals surface area contributed by atoms with Crippen LogP contribution in [-0.2, 0) is 22.4 Å². The lowest BCUT2D eigenvalue weighted by atomic mass is 10.1. The summed E-state index contributed by atoms with van der Waals surface area (Å²) >= 11 is 0. The van der Waals surface area contributed by atoms with Crippen molar-refractivity contribution in [2.24, 2.45) is 0 Å². The van der Waals surface area contributed by atoms with Crippen molar-refractivity contribution < 1.29 is 14.3 Å². The van der Waals surface area contributed by atoms with E-state index < -0.39 is 0 Å². The van der Waals surface area contributed by atoms with E-state index in [2.05, 4.69) is 36.6 Å². The van der Waals surface area contributed by atoms with E-state index in [-0.39, 0.29) is 11.9 Å². The SMILES string of the molecule is C=CC(=O)N1CCN(c2nc(CCc3cccc(OCCOC)c3)nc3ccccc23)CC1CC. The first-order valence-corrected chi connectivity index (χ1v) is 12.3. The third kappa shape index (κ3) is 5.98. The molecule has 0 N–H and O–H groups in total. The number of hydrogen-bond acceptors (Lipinski definition) is 6. The number of aryl methyl sites for hydroxylation is 2. The zero-order valence-electron chi connectivity index (χ0n) is 20.7. The Balaban J connectivity index is 1.54. The van der Waals surface area contributed by atoms with Gasteiger partial charge in [0.15, 0.2) is 0 Å². The summed E-state index contributed by atoms with van der Waals surface area (Å²) in [5, 5.41) is 1.04. The largest absolute Gasteiger partial charge is 0.491 e. The Kier molecular flexibility index (Phi) is 8.32. The van der Waals surface area contributed by atoms with Crippen LogP contribution in [0.3, 0.4) is 0 Å². The number of anilines is 1. The topological polar surface area (TPSA) is 67.8 Å². The highest BCUT2D eigenvalue weighted by Crippen LogP contribution is 2.27. The Morgan fingerprint density at radius 2 is 1.97 bits per heavy atom. The summed E-state index contributed by atoms with van der Waals surface area (Å²) in [4.78, 5) is 26.4. The van der Waals surface area contributed by atoms with Crippen molar-refractivity contribution in [2.45, 2.75) is 32.2 Å². The maximum atomic E-state index is 12.3. The fraction of sp³-hybridized carbons (Fsp3) is 0.393. The highest BCUT2D eigenvalue weighted by Gasteiger charge is 2.29. The zero-order chi connectivity index (χ0) is 24.6. The predicted molar refractivity (Wildman–Crippen MR) is 139 cm³/mol. The van der Waals surface area contributed by atoms with Gasteiger partial charge in [0, 0.05) is 44.6 Å². The van der Waals surface area contributed by atoms with Gasteiger partial charge < -0.3 is 19.3 Å². The molecule has 1 aromatic heterocycles. The van der Waals surface area contributed by atoms with Gasteiger partial charge in [0.1, 0.15) is 24.0 Å². The maximum Gasteiger partial charge on any atom is 0.246 e. The molecule has 0 saturated carbocycles. The molecule has 0 radical (unpaired) electrons. The number of nitrogens with zero attached hydrogens (tertiary/aromatic N) is 4. The van der Waals surface area contributed by atoms with Crippen LogP contribution in [0.1, 0.15) is 24.7 Å². The molecule has 184 valence electrons. The number of rotatable bonds is 10. The molecule has 1 unspecified atom stereocenters. The molecular formula is C28H34N4O3. The maximum absolute atomic E-state index is 12.3. The first kappa shape index (κ1) is 24.7. The van der Waals surface area contributed by atoms with E-state index in [1.807, 2.05) is 35.2 Å². The lowest BCUT2D eigenvalue weighted by Crippen LogP contribution is -2.55. The molecule has 2 heterocycles. The van der Waals surface area contributed by atoms with Crippen LogP contribution in [-0.4, -0.2) is 66.8 Å². The van der Waals surface area contributed by atoms with Crippen molar-refractivity contribution >= 4 is 22.6 Å². The minimum atomic E-state index is -0.00170. The molecule has 0 aliphatic carbocycles. The molecule has 2 aromatic carbocycles. The van der Waals surface area contributed by atoms with E-state index in [4.69, 9.17) is 19.4 Å². The number of methoxy groups -OCH3 is 1. The van der Waals surface area contributed by atoms with Gasteiger partial charge in [-0.3, -0.25) is 4.79 Å². The minimum Gasteiger partial charge on any atom is -0.491 e. The number of aromatic nitrogens is 2. The van der Waals surface area contributed by atoms with Crippen LogP contribution in [0.25, 0.3) is 10.9 Å². The summed E-state index contributed by atoms with van der Waals surface area (Å²) in [6.07, 6.45) is 3.84. The second-order valence-electron chi connectivity index (χ2n) is 8.71. The fourth-order valence-corrected chi connectivity index (χ4v) is 4.55. The first-order chi connectivity index (χ1) is 17.1. The van der Waals surface area contributed by atoms with Crippen LogP contribution >= 0.6 is 0 Å². The molecule has 1 saturated heterocycles. The number of carbonyl (C=O) groups excluding carboxylic acids is 1. The highest BCUT2D eigenvalue weighted by molar-refractivity contribution is 5.90. The van der Waals surface area contributed by atoms with Crippen molar-refractivity contribution in [1.82, 2.24) is 14.9 Å². The summed E-state index contributed by atoms with van der Waals surface area (Å²) in [6.45, 7) is 9.02. The zero-order valence-corrected chi connectivity index (χ0v) is 20.7. The summed E-state index contributed by atoms with van der Waals surface area (Å²) in [6, 6.07) is 16.4. The number of amides is 1. The Morgan fingerprint density at radius 1 is 1.11 bits per heavy atom. The van der Waals surface area contributed by atoms with Crippen molar-refractivity contribution in [3.05, 3.63) is 72.6 Å². The van der Waals surface area contributed by atoms with Crippen molar-refractivity contribution in [3.63, 3.8) is 0 Å². The Morgan fingerprint density at radius 3 is 2.77 bits per heavy atom. The summed E-state index contributed by atoms with van der Waals surface area (Å²) in [5.74, 6) is 2.61. The molecule has 0 spiro atoms. The van der Waals surface area contributed by atoms with Crippen molar-refractivity contribution in [2.75, 3.05) is 44.9 Å². The molecule has 3 aromatic rings. The first-order valence-electron chi connectivity index (χ1n) is 12.3. The van der Waals surface area contributed by atoms with E-state index in [1.54, 1.807) is 7.11 Å². The molecular weight excluding hydrogens is 440 g/mol. The van der Waals surface area contributed by atoms with E-state index in [1.165, 1.54) is 11.6 Å². The third-order valence-corrected chi connectivity index (χ3v) is 6.43. The van der Waals surface area contributed by atoms with Gasteiger partial charge in [-0.05, 0) is 48.7 Å². The van der Waals surface area contributed by atoms with Crippen LogP contribution in [0.2, 0.25) is 0 Å². The average Bonchev–Trinajstić information content (AvgIpc) is 2.91. The summed E-state index contributed by atoms with van der Waals surface area (Å²) in [5.41, 5.74) is 2.13. The quantitative estimate of drug-likeness (QED) is 0.326. The molecule has 0 bridgehead atoms. The molecule has 7 nitrogen and oxygen atoms in total. The fourth-order valence-electron chi connectivity index (χ4n) is 4.55. The van der Waals surface area contributed by atoms with Crippen LogP contribution in [0.5, 0.6) is 5.75 Å². The van der Waals surface area contributed by atoms with Gasteiger partial charge in [0.05, 0.1) is 12.1 Å². The van der Waals surface area contributed by atoms with Gasteiger partial charge in [-0.15, -0.1) is 0 Å². The number of fused-ring (bicyclic) bond motifs is 1. The number of hydrogen-bond donors (Lipinski definition) is 0. The number of piperazine rings is 1. The van der Waals surface area contributed by atoms with Crippen LogP contribution in [0, 0.1) is 0 Å². The minimum absolute atomic E-state index is 0.00170. The van der Waals surface area contributed by atoms with Gasteiger partial charge in [-0.25, -0.2) is 9.97 Å². The molecule has 35 heavy (non-hydrogen) atoms. The van der Waals surface area contributed by atoms with Crippen LogP contribution < -0.4 is 9.64 Å². The van der Waals surface area contributed by atoms with Crippen LogP contribution in [0.15, 0.2) is 61.2 Å². The van der Waals surface area contributed by atoms with E-state index in [0.29, 0.717) is 19.8 Å². The normalized spacial score (nSPS) is 15.9. The standard InChI is InChI=1S/C28H34N4O3/c1-4-22-20-31(15-16-32(22)27(33)5-2)28-24-11-6-7-12-25(24)29-26(30-28)14-13-21-9-8-10-23(19-21)35-18-17-34-3/h5-12,19,22H,2,4,13-18,20H2,1,3H3. The molecule has 1 fully saturated rings. The van der Waals surface area contributed by atoms with E-state index in [0.717, 1.165) is 60.6 Å². The van der Waals surface area contributed by atoms with Gasteiger partial charge in [-0.1, -0.05) is 37.8 Å². The summed E-state index contributed by atoms with van der Waals surface area (Å²) < 4.78 is 10.8. The monoisotopic (exact) mass is 474 g/mol. The molecule has 1 atom stereocenters. The lowest BCUT2D eigenvalue weighted by Gasteiger charge is -2.41. The lowest BCUT2D eigenvalue weighted by molar-refractivity contribution is -0.128. The van der Waals surface area contributed by atoms with Gasteiger partial charge >= 0.3 is 0 Å². The van der Waals surface area contributed by atoms with Crippen molar-refractivity contribution in [1.29, 1.82) is 0 Å². The molecule has 1 aliphatic rings. The van der Waals surface area contributed by atoms with Gasteiger partial charge in [-0.2, -0.15) is 0 Å². The number of benzene rings is 2. The van der Waals surface area contributed by atoms with Crippen molar-refractivity contribution in [3.8, 4) is 5.75 Å². The Labute approximate surface area is 207 Å². The molecule has 4 rings (SSSR count).